The highest BCUT2D eigenvalue weighted by Crippen LogP contribution is 2.20. The van der Waals surface area contributed by atoms with Crippen LogP contribution in [0.2, 0.25) is 0 Å². The smallest absolute Gasteiger partial charge is 0.0583 e. The predicted molar refractivity (Wildman–Crippen MR) is 67.9 cm³/mol. The van der Waals surface area contributed by atoms with Gasteiger partial charge in [0, 0.05) is 31.9 Å². The second kappa shape index (κ2) is 5.30. The number of hydrogen-bond donors (Lipinski definition) is 1. The van der Waals surface area contributed by atoms with Crippen LogP contribution in [0.3, 0.4) is 0 Å². The van der Waals surface area contributed by atoms with Crippen LogP contribution in [0.4, 0.5) is 5.69 Å². The van der Waals surface area contributed by atoms with Crippen LogP contribution in [0, 0.1) is 6.92 Å². The van der Waals surface area contributed by atoms with Crippen molar-refractivity contribution in [3.8, 4) is 0 Å². The maximum Gasteiger partial charge on any atom is 0.0583 e. The first-order valence-corrected chi connectivity index (χ1v) is 6.20. The zero-order valence-electron chi connectivity index (χ0n) is 10.2. The Morgan fingerprint density at radius 1 is 1.56 bits per heavy atom. The van der Waals surface area contributed by atoms with Crippen LogP contribution in [0.5, 0.6) is 0 Å². The summed E-state index contributed by atoms with van der Waals surface area (Å²) in [5.74, 6) is 0. The second-order valence-corrected chi connectivity index (χ2v) is 4.55. The van der Waals surface area contributed by atoms with Crippen molar-refractivity contribution in [2.75, 3.05) is 24.5 Å². The SMILES string of the molecule is CCCC1CN(c2cnccc2C)CCN1. The van der Waals surface area contributed by atoms with Gasteiger partial charge in [0.1, 0.15) is 0 Å². The second-order valence-electron chi connectivity index (χ2n) is 4.55. The zero-order valence-corrected chi connectivity index (χ0v) is 10.2. The molecular formula is C13H21N3. The molecule has 2 heterocycles. The lowest BCUT2D eigenvalue weighted by Crippen LogP contribution is -2.50. The molecule has 1 aliphatic heterocycles. The molecule has 1 saturated heterocycles. The lowest BCUT2D eigenvalue weighted by Gasteiger charge is -2.35. The maximum atomic E-state index is 4.23. The van der Waals surface area contributed by atoms with E-state index in [1.165, 1.54) is 24.1 Å². The molecule has 1 atom stereocenters. The molecule has 0 amide bonds. The van der Waals surface area contributed by atoms with Crippen molar-refractivity contribution in [3.05, 3.63) is 24.0 Å². The largest absolute Gasteiger partial charge is 0.367 e. The first kappa shape index (κ1) is 11.4. The van der Waals surface area contributed by atoms with Gasteiger partial charge in [-0.15, -0.1) is 0 Å². The zero-order chi connectivity index (χ0) is 11.4. The predicted octanol–water partition coefficient (Wildman–Crippen LogP) is 1.97. The third kappa shape index (κ3) is 2.53. The van der Waals surface area contributed by atoms with Crippen molar-refractivity contribution in [2.45, 2.75) is 32.7 Å². The van der Waals surface area contributed by atoms with E-state index in [0.29, 0.717) is 6.04 Å². The first-order chi connectivity index (χ1) is 7.81. The highest BCUT2D eigenvalue weighted by Gasteiger charge is 2.19. The number of aryl methyl sites for hydroxylation is 1. The van der Waals surface area contributed by atoms with Gasteiger partial charge in [0.2, 0.25) is 0 Å². The molecule has 0 radical (unpaired) electrons. The number of pyridine rings is 1. The first-order valence-electron chi connectivity index (χ1n) is 6.20. The normalized spacial score (nSPS) is 21.1. The van der Waals surface area contributed by atoms with Gasteiger partial charge in [-0.2, -0.15) is 0 Å². The number of anilines is 1. The quantitative estimate of drug-likeness (QED) is 0.842. The summed E-state index contributed by atoms with van der Waals surface area (Å²) in [6.07, 6.45) is 6.36. The highest BCUT2D eigenvalue weighted by molar-refractivity contribution is 5.51. The molecule has 0 spiro atoms. The summed E-state index contributed by atoms with van der Waals surface area (Å²) in [6.45, 7) is 7.69. The number of rotatable bonds is 3. The molecule has 88 valence electrons. The average molecular weight is 219 g/mol. The molecule has 1 aliphatic rings. The van der Waals surface area contributed by atoms with E-state index in [0.717, 1.165) is 19.6 Å². The summed E-state index contributed by atoms with van der Waals surface area (Å²) >= 11 is 0. The monoisotopic (exact) mass is 219 g/mol. The lowest BCUT2D eigenvalue weighted by atomic mass is 10.1. The minimum Gasteiger partial charge on any atom is -0.367 e. The fraction of sp³-hybridized carbons (Fsp3) is 0.615. The van der Waals surface area contributed by atoms with Gasteiger partial charge in [-0.05, 0) is 25.0 Å². The molecule has 3 nitrogen and oxygen atoms in total. The van der Waals surface area contributed by atoms with Gasteiger partial charge in [-0.3, -0.25) is 4.98 Å². The number of nitrogens with one attached hydrogen (secondary N) is 1. The van der Waals surface area contributed by atoms with Gasteiger partial charge in [-0.1, -0.05) is 13.3 Å². The van der Waals surface area contributed by atoms with Crippen molar-refractivity contribution in [3.63, 3.8) is 0 Å². The fourth-order valence-electron chi connectivity index (χ4n) is 2.37. The van der Waals surface area contributed by atoms with Crippen molar-refractivity contribution < 1.29 is 0 Å². The average Bonchev–Trinajstić information content (AvgIpc) is 2.30. The van der Waals surface area contributed by atoms with Crippen LogP contribution in [-0.2, 0) is 0 Å². The summed E-state index contributed by atoms with van der Waals surface area (Å²) in [5, 5.41) is 3.58. The van der Waals surface area contributed by atoms with Gasteiger partial charge in [0.05, 0.1) is 11.9 Å². The minimum atomic E-state index is 0.637. The molecule has 1 aromatic rings. The summed E-state index contributed by atoms with van der Waals surface area (Å²) in [4.78, 5) is 6.69. The minimum absolute atomic E-state index is 0.637. The van der Waals surface area contributed by atoms with Crippen molar-refractivity contribution in [2.24, 2.45) is 0 Å². The molecule has 16 heavy (non-hydrogen) atoms. The van der Waals surface area contributed by atoms with E-state index < -0.39 is 0 Å². The van der Waals surface area contributed by atoms with Gasteiger partial charge < -0.3 is 10.2 Å². The molecule has 1 aromatic heterocycles. The molecule has 2 rings (SSSR count). The van der Waals surface area contributed by atoms with Crippen LogP contribution in [0.1, 0.15) is 25.3 Å². The third-order valence-corrected chi connectivity index (χ3v) is 3.24. The number of nitrogens with zero attached hydrogens (tertiary/aromatic N) is 2. The summed E-state index contributed by atoms with van der Waals surface area (Å²) < 4.78 is 0. The van der Waals surface area contributed by atoms with E-state index in [4.69, 9.17) is 0 Å². The third-order valence-electron chi connectivity index (χ3n) is 3.24. The van der Waals surface area contributed by atoms with Gasteiger partial charge in [-0.25, -0.2) is 0 Å². The molecule has 0 aliphatic carbocycles. The maximum absolute atomic E-state index is 4.23. The number of aromatic nitrogens is 1. The van der Waals surface area contributed by atoms with E-state index in [1.54, 1.807) is 0 Å². The Bertz CT molecular complexity index is 336. The Morgan fingerprint density at radius 3 is 3.19 bits per heavy atom. The van der Waals surface area contributed by atoms with E-state index >= 15 is 0 Å². The van der Waals surface area contributed by atoms with E-state index in [1.807, 2.05) is 12.4 Å². The number of piperazine rings is 1. The molecule has 1 fully saturated rings. The number of hydrogen-bond acceptors (Lipinski definition) is 3. The molecule has 3 heteroatoms. The van der Waals surface area contributed by atoms with Crippen molar-refractivity contribution in [1.29, 1.82) is 0 Å². The van der Waals surface area contributed by atoms with Gasteiger partial charge in [0.25, 0.3) is 0 Å². The Morgan fingerprint density at radius 2 is 2.44 bits per heavy atom. The Hall–Kier alpha value is -1.09. The van der Waals surface area contributed by atoms with Crippen LogP contribution >= 0.6 is 0 Å². The molecule has 1 N–H and O–H groups in total. The molecule has 0 bridgehead atoms. The fourth-order valence-corrected chi connectivity index (χ4v) is 2.37. The Balaban J connectivity index is 2.07. The summed E-state index contributed by atoms with van der Waals surface area (Å²) in [5.41, 5.74) is 2.62. The highest BCUT2D eigenvalue weighted by atomic mass is 15.2. The molecule has 0 aromatic carbocycles. The summed E-state index contributed by atoms with van der Waals surface area (Å²) in [7, 11) is 0. The van der Waals surface area contributed by atoms with Crippen molar-refractivity contribution in [1.82, 2.24) is 10.3 Å². The summed E-state index contributed by atoms with van der Waals surface area (Å²) in [6, 6.07) is 2.73. The van der Waals surface area contributed by atoms with Crippen LogP contribution in [-0.4, -0.2) is 30.7 Å². The lowest BCUT2D eigenvalue weighted by molar-refractivity contribution is 0.430. The molecule has 1 unspecified atom stereocenters. The van der Waals surface area contributed by atoms with Crippen LogP contribution < -0.4 is 10.2 Å². The van der Waals surface area contributed by atoms with E-state index in [-0.39, 0.29) is 0 Å². The Labute approximate surface area is 97.9 Å². The topological polar surface area (TPSA) is 28.2 Å². The Kier molecular flexibility index (Phi) is 3.78. The van der Waals surface area contributed by atoms with Gasteiger partial charge in [0.15, 0.2) is 0 Å². The van der Waals surface area contributed by atoms with Gasteiger partial charge >= 0.3 is 0 Å². The van der Waals surface area contributed by atoms with Crippen LogP contribution in [0.25, 0.3) is 0 Å². The standard InChI is InChI=1S/C13H21N3/c1-3-4-12-10-16(8-7-15-12)13-9-14-6-5-11(13)2/h5-6,9,12,15H,3-4,7-8,10H2,1-2H3. The molecular weight excluding hydrogens is 198 g/mol. The van der Waals surface area contributed by atoms with E-state index in [9.17, 15) is 0 Å². The van der Waals surface area contributed by atoms with Crippen molar-refractivity contribution >= 4 is 5.69 Å². The molecule has 0 saturated carbocycles. The van der Waals surface area contributed by atoms with Crippen LogP contribution in [0.15, 0.2) is 18.5 Å². The van der Waals surface area contributed by atoms with E-state index in [2.05, 4.69) is 35.1 Å².